The minimum Gasteiger partial charge on any atom is -0.460 e. The predicted octanol–water partition coefficient (Wildman–Crippen LogP) is 11.3. The summed E-state index contributed by atoms with van der Waals surface area (Å²) in [4.78, 5) is 0. The second kappa shape index (κ2) is 10.7. The summed E-state index contributed by atoms with van der Waals surface area (Å²) in [5.74, 6) is 2.45. The first-order chi connectivity index (χ1) is 21.6. The van der Waals surface area contributed by atoms with Gasteiger partial charge in [0, 0.05) is 22.5 Å². The summed E-state index contributed by atoms with van der Waals surface area (Å²) in [6.07, 6.45) is 15.5. The Kier molecular flexibility index (Phi) is 6.52. The van der Waals surface area contributed by atoms with Crippen LogP contribution in [-0.2, 0) is 11.8 Å². The molecule has 0 fully saturated rings. The zero-order chi connectivity index (χ0) is 29.7. The summed E-state index contributed by atoms with van der Waals surface area (Å²) in [6.45, 7) is 4.68. The van der Waals surface area contributed by atoms with Crippen LogP contribution in [-0.4, -0.2) is 0 Å². The van der Waals surface area contributed by atoms with E-state index in [9.17, 15) is 0 Å². The van der Waals surface area contributed by atoms with E-state index >= 15 is 0 Å². The van der Waals surface area contributed by atoms with Crippen LogP contribution in [0.25, 0.3) is 40.1 Å². The Bertz CT molecular complexity index is 1970. The van der Waals surface area contributed by atoms with Crippen molar-refractivity contribution in [3.05, 3.63) is 155 Å². The van der Waals surface area contributed by atoms with Gasteiger partial charge in [-0.1, -0.05) is 116 Å². The fraction of sp³-hybridized carbons (Fsp3) is 0.190. The van der Waals surface area contributed by atoms with E-state index in [0.29, 0.717) is 5.92 Å². The van der Waals surface area contributed by atoms with E-state index in [4.69, 9.17) is 4.42 Å². The largest absolute Gasteiger partial charge is 0.460 e. The molecule has 4 aromatic carbocycles. The summed E-state index contributed by atoms with van der Waals surface area (Å²) in [5, 5.41) is 3.87. The number of hydrogen-bond acceptors (Lipinski definition) is 2. The van der Waals surface area contributed by atoms with Crippen molar-refractivity contribution in [2.24, 2.45) is 0 Å². The molecular weight excluding hydrogens is 534 g/mol. The van der Waals surface area contributed by atoms with E-state index in [2.05, 4.69) is 147 Å². The Morgan fingerprint density at radius 2 is 1.61 bits per heavy atom. The van der Waals surface area contributed by atoms with Crippen LogP contribution in [0.3, 0.4) is 0 Å². The van der Waals surface area contributed by atoms with Crippen molar-refractivity contribution in [1.29, 1.82) is 0 Å². The average Bonchev–Trinajstić information content (AvgIpc) is 3.49. The molecule has 3 aliphatic carbocycles. The molecule has 1 N–H and O–H groups in total. The van der Waals surface area contributed by atoms with Crippen molar-refractivity contribution in [3.8, 4) is 22.3 Å². The first-order valence-electron chi connectivity index (χ1n) is 15.9. The molecule has 2 heteroatoms. The standard InChI is InChI=1S/C42H37NO/c1-28-12-10-21-38-39(28)40-37(43-34-18-11-17-32(27-34)33-23-22-29-13-6-7-16-31(29)26-33)24-25-42(2,41(40)44-38)36-20-9-8-19-35(36)30-14-4-3-5-15-30/h3-6,8-11,13-15,17-24,26-28,43H,7,12,16,25H2,1-2H3. The molecule has 1 heterocycles. The Morgan fingerprint density at radius 1 is 0.795 bits per heavy atom. The van der Waals surface area contributed by atoms with E-state index in [0.717, 1.165) is 48.6 Å². The normalized spacial score (nSPS) is 20.0. The van der Waals surface area contributed by atoms with Gasteiger partial charge in [-0.3, -0.25) is 0 Å². The average molecular weight is 572 g/mol. The van der Waals surface area contributed by atoms with Crippen molar-refractivity contribution >= 4 is 23.5 Å². The molecule has 2 nitrogen and oxygen atoms in total. The highest BCUT2D eigenvalue weighted by atomic mass is 16.3. The molecule has 2 unspecified atom stereocenters. The van der Waals surface area contributed by atoms with Crippen LogP contribution in [0.4, 0.5) is 5.69 Å². The summed E-state index contributed by atoms with van der Waals surface area (Å²) in [5.41, 5.74) is 13.6. The number of nitrogens with one attached hydrogen (secondary N) is 1. The number of anilines is 1. The molecule has 2 atom stereocenters. The Hall–Kier alpha value is -4.82. The van der Waals surface area contributed by atoms with Gasteiger partial charge >= 0.3 is 0 Å². The summed E-state index contributed by atoms with van der Waals surface area (Å²) < 4.78 is 6.90. The maximum Gasteiger partial charge on any atom is 0.130 e. The lowest BCUT2D eigenvalue weighted by atomic mass is 9.69. The van der Waals surface area contributed by atoms with Crippen LogP contribution in [0.1, 0.15) is 78.4 Å². The van der Waals surface area contributed by atoms with Gasteiger partial charge in [0.05, 0.1) is 5.41 Å². The van der Waals surface area contributed by atoms with Crippen LogP contribution in [0.15, 0.2) is 120 Å². The molecule has 0 spiro atoms. The summed E-state index contributed by atoms with van der Waals surface area (Å²) in [6, 6.07) is 35.3. The predicted molar refractivity (Wildman–Crippen MR) is 185 cm³/mol. The number of furan rings is 1. The Labute approximate surface area is 260 Å². The van der Waals surface area contributed by atoms with Gasteiger partial charge < -0.3 is 9.73 Å². The maximum atomic E-state index is 6.90. The van der Waals surface area contributed by atoms with Crippen LogP contribution in [0.5, 0.6) is 0 Å². The van der Waals surface area contributed by atoms with Crippen LogP contribution >= 0.6 is 0 Å². The van der Waals surface area contributed by atoms with Crippen molar-refractivity contribution in [2.45, 2.75) is 50.9 Å². The smallest absolute Gasteiger partial charge is 0.130 e. The molecule has 0 saturated carbocycles. The minimum atomic E-state index is -0.308. The zero-order valence-corrected chi connectivity index (χ0v) is 25.4. The third-order valence-corrected chi connectivity index (χ3v) is 9.81. The zero-order valence-electron chi connectivity index (χ0n) is 25.4. The molecule has 3 aliphatic rings. The first-order valence-corrected chi connectivity index (χ1v) is 15.9. The molecule has 0 saturated heterocycles. The fourth-order valence-corrected chi connectivity index (χ4v) is 7.45. The van der Waals surface area contributed by atoms with Crippen LogP contribution < -0.4 is 5.32 Å². The Balaban J connectivity index is 1.21. The number of fused-ring (bicyclic) bond motifs is 4. The number of aryl methyl sites for hydroxylation is 1. The number of rotatable bonds is 5. The SMILES string of the molecule is CC1CC=Cc2oc3c(c21)C(Nc1cccc(-c2ccc4c(c2)CCC=C4)c1)=CCC3(C)c1ccccc1-c1ccccc1. The second-order valence-electron chi connectivity index (χ2n) is 12.7. The molecule has 0 amide bonds. The van der Waals surface area contributed by atoms with Crippen molar-refractivity contribution in [2.75, 3.05) is 5.32 Å². The highest BCUT2D eigenvalue weighted by Gasteiger charge is 2.42. The highest BCUT2D eigenvalue weighted by Crippen LogP contribution is 2.52. The van der Waals surface area contributed by atoms with E-state index in [1.54, 1.807) is 0 Å². The highest BCUT2D eigenvalue weighted by molar-refractivity contribution is 5.86. The summed E-state index contributed by atoms with van der Waals surface area (Å²) >= 11 is 0. The molecule has 0 bridgehead atoms. The van der Waals surface area contributed by atoms with Crippen molar-refractivity contribution in [3.63, 3.8) is 0 Å². The topological polar surface area (TPSA) is 25.2 Å². The lowest BCUT2D eigenvalue weighted by Crippen LogP contribution is -2.28. The number of hydrogen-bond donors (Lipinski definition) is 1. The molecular formula is C42H37NO. The monoisotopic (exact) mass is 571 g/mol. The van der Waals surface area contributed by atoms with Gasteiger partial charge in [0.15, 0.2) is 0 Å². The lowest BCUT2D eigenvalue weighted by Gasteiger charge is -2.34. The summed E-state index contributed by atoms with van der Waals surface area (Å²) in [7, 11) is 0. The van der Waals surface area contributed by atoms with Crippen LogP contribution in [0.2, 0.25) is 0 Å². The lowest BCUT2D eigenvalue weighted by molar-refractivity contribution is 0.400. The first kappa shape index (κ1) is 26.8. The van der Waals surface area contributed by atoms with E-state index in [-0.39, 0.29) is 5.41 Å². The molecule has 216 valence electrons. The molecule has 5 aromatic rings. The third-order valence-electron chi connectivity index (χ3n) is 9.81. The molecule has 0 radical (unpaired) electrons. The van der Waals surface area contributed by atoms with Crippen molar-refractivity contribution in [1.82, 2.24) is 0 Å². The van der Waals surface area contributed by atoms with Gasteiger partial charge in [-0.05, 0) is 95.7 Å². The molecule has 44 heavy (non-hydrogen) atoms. The maximum absolute atomic E-state index is 6.90. The van der Waals surface area contributed by atoms with Gasteiger partial charge in [-0.25, -0.2) is 0 Å². The van der Waals surface area contributed by atoms with Crippen LogP contribution in [0, 0.1) is 0 Å². The number of allylic oxidation sites excluding steroid dienone is 3. The van der Waals surface area contributed by atoms with Gasteiger partial charge in [0.25, 0.3) is 0 Å². The third kappa shape index (κ3) is 4.48. The fourth-order valence-electron chi connectivity index (χ4n) is 7.45. The van der Waals surface area contributed by atoms with Crippen molar-refractivity contribution < 1.29 is 4.42 Å². The van der Waals surface area contributed by atoms with E-state index in [1.807, 2.05) is 0 Å². The molecule has 1 aromatic heterocycles. The Morgan fingerprint density at radius 3 is 2.52 bits per heavy atom. The minimum absolute atomic E-state index is 0.308. The second-order valence-corrected chi connectivity index (χ2v) is 12.7. The van der Waals surface area contributed by atoms with Gasteiger partial charge in [-0.2, -0.15) is 0 Å². The quantitative estimate of drug-likeness (QED) is 0.227. The molecule has 0 aliphatic heterocycles. The van der Waals surface area contributed by atoms with E-state index in [1.165, 1.54) is 50.1 Å². The van der Waals surface area contributed by atoms with E-state index < -0.39 is 0 Å². The van der Waals surface area contributed by atoms with Gasteiger partial charge in [0.2, 0.25) is 0 Å². The molecule has 8 rings (SSSR count). The number of benzene rings is 4. The van der Waals surface area contributed by atoms with Gasteiger partial charge in [0.1, 0.15) is 11.5 Å². The van der Waals surface area contributed by atoms with Gasteiger partial charge in [-0.15, -0.1) is 0 Å².